The number of hydrogen-bond acceptors (Lipinski definition) is 5. The fraction of sp³-hybridized carbons (Fsp3) is 0.611. The first-order valence-corrected chi connectivity index (χ1v) is 10.7. The Kier molecular flexibility index (Phi) is 5.46. The molecule has 1 N–H and O–H groups in total. The Hall–Kier alpha value is -1.44. The van der Waals surface area contributed by atoms with Crippen LogP contribution in [0.4, 0.5) is 0 Å². The van der Waals surface area contributed by atoms with Gasteiger partial charge in [-0.3, -0.25) is 14.6 Å². The average Bonchev–Trinajstić information content (AvgIpc) is 2.83. The maximum Gasteiger partial charge on any atom is 0.234 e. The SMILES string of the molecule is CC1(NC(=O)CN2CCN(Cc3ccccc3)CC2)CCS(=O)(=O)C1. The van der Waals surface area contributed by atoms with E-state index in [1.807, 2.05) is 13.0 Å². The minimum atomic E-state index is -3.00. The van der Waals surface area contributed by atoms with Gasteiger partial charge in [0.25, 0.3) is 0 Å². The molecule has 1 aromatic carbocycles. The molecule has 7 heteroatoms. The van der Waals surface area contributed by atoms with Crippen LogP contribution in [0.15, 0.2) is 30.3 Å². The first kappa shape index (κ1) is 18.4. The van der Waals surface area contributed by atoms with Crippen molar-refractivity contribution in [1.82, 2.24) is 15.1 Å². The number of hydrogen-bond donors (Lipinski definition) is 1. The molecule has 6 nitrogen and oxygen atoms in total. The van der Waals surface area contributed by atoms with Gasteiger partial charge in [-0.1, -0.05) is 30.3 Å². The van der Waals surface area contributed by atoms with Crippen LogP contribution in [0.2, 0.25) is 0 Å². The molecular formula is C18H27N3O3S. The number of carbonyl (C=O) groups is 1. The van der Waals surface area contributed by atoms with E-state index in [1.165, 1.54) is 5.56 Å². The third-order valence-electron chi connectivity index (χ3n) is 5.03. The number of carbonyl (C=O) groups excluding carboxylic acids is 1. The molecule has 0 spiro atoms. The Labute approximate surface area is 150 Å². The van der Waals surface area contributed by atoms with Crippen LogP contribution in [0, 0.1) is 0 Å². The van der Waals surface area contributed by atoms with Gasteiger partial charge in [0.2, 0.25) is 5.91 Å². The largest absolute Gasteiger partial charge is 0.349 e. The van der Waals surface area contributed by atoms with E-state index in [-0.39, 0.29) is 17.4 Å². The molecule has 25 heavy (non-hydrogen) atoms. The molecule has 1 aromatic rings. The van der Waals surface area contributed by atoms with Gasteiger partial charge < -0.3 is 5.32 Å². The van der Waals surface area contributed by atoms with Crippen molar-refractivity contribution in [3.05, 3.63) is 35.9 Å². The van der Waals surface area contributed by atoms with Crippen molar-refractivity contribution in [2.75, 3.05) is 44.2 Å². The van der Waals surface area contributed by atoms with Gasteiger partial charge in [0.1, 0.15) is 0 Å². The lowest BCUT2D eigenvalue weighted by Gasteiger charge is -2.35. The number of nitrogens with one attached hydrogen (secondary N) is 1. The Balaban J connectivity index is 1.42. The van der Waals surface area contributed by atoms with E-state index in [0.29, 0.717) is 13.0 Å². The van der Waals surface area contributed by atoms with Gasteiger partial charge in [0.05, 0.1) is 23.6 Å². The van der Waals surface area contributed by atoms with E-state index in [1.54, 1.807) is 0 Å². The van der Waals surface area contributed by atoms with Gasteiger partial charge in [-0.15, -0.1) is 0 Å². The number of benzene rings is 1. The summed E-state index contributed by atoms with van der Waals surface area (Å²) in [5.41, 5.74) is 0.703. The zero-order valence-electron chi connectivity index (χ0n) is 14.8. The molecule has 1 unspecified atom stereocenters. The lowest BCUT2D eigenvalue weighted by Crippen LogP contribution is -2.53. The van der Waals surface area contributed by atoms with E-state index in [0.717, 1.165) is 32.7 Å². The van der Waals surface area contributed by atoms with Gasteiger partial charge in [0, 0.05) is 32.7 Å². The minimum Gasteiger partial charge on any atom is -0.349 e. The van der Waals surface area contributed by atoms with Crippen LogP contribution in [-0.2, 0) is 21.2 Å². The van der Waals surface area contributed by atoms with Crippen molar-refractivity contribution in [3.63, 3.8) is 0 Å². The van der Waals surface area contributed by atoms with Crippen molar-refractivity contribution in [2.24, 2.45) is 0 Å². The molecule has 0 bridgehead atoms. The summed E-state index contributed by atoms with van der Waals surface area (Å²) in [6.45, 7) is 6.70. The third kappa shape index (κ3) is 5.26. The fourth-order valence-electron chi connectivity index (χ4n) is 3.64. The molecule has 3 rings (SSSR count). The zero-order valence-corrected chi connectivity index (χ0v) is 15.6. The van der Waals surface area contributed by atoms with Crippen molar-refractivity contribution in [1.29, 1.82) is 0 Å². The molecule has 2 aliphatic heterocycles. The molecule has 0 aromatic heterocycles. The Bertz CT molecular complexity index is 700. The molecule has 0 radical (unpaired) electrons. The maximum atomic E-state index is 12.3. The minimum absolute atomic E-state index is 0.0522. The Morgan fingerprint density at radius 2 is 1.76 bits per heavy atom. The molecular weight excluding hydrogens is 338 g/mol. The van der Waals surface area contributed by atoms with E-state index in [2.05, 4.69) is 39.4 Å². The Morgan fingerprint density at radius 3 is 2.36 bits per heavy atom. The second-order valence-corrected chi connectivity index (χ2v) is 9.67. The fourth-order valence-corrected chi connectivity index (χ4v) is 5.73. The maximum absolute atomic E-state index is 12.3. The number of sulfone groups is 1. The summed E-state index contributed by atoms with van der Waals surface area (Å²) >= 11 is 0. The molecule has 2 saturated heterocycles. The summed E-state index contributed by atoms with van der Waals surface area (Å²) in [5.74, 6) is 0.148. The van der Waals surface area contributed by atoms with Crippen LogP contribution >= 0.6 is 0 Å². The predicted molar refractivity (Wildman–Crippen MR) is 98.0 cm³/mol. The highest BCUT2D eigenvalue weighted by Gasteiger charge is 2.39. The van der Waals surface area contributed by atoms with E-state index in [4.69, 9.17) is 0 Å². The van der Waals surface area contributed by atoms with Gasteiger partial charge in [0.15, 0.2) is 9.84 Å². The number of amides is 1. The average molecular weight is 365 g/mol. The van der Waals surface area contributed by atoms with E-state index < -0.39 is 15.4 Å². The van der Waals surface area contributed by atoms with Crippen molar-refractivity contribution in [2.45, 2.75) is 25.4 Å². The second-order valence-electron chi connectivity index (χ2n) is 7.49. The number of nitrogens with zero attached hydrogens (tertiary/aromatic N) is 2. The van der Waals surface area contributed by atoms with Crippen molar-refractivity contribution in [3.8, 4) is 0 Å². The highest BCUT2D eigenvalue weighted by molar-refractivity contribution is 7.91. The molecule has 1 atom stereocenters. The summed E-state index contributed by atoms with van der Waals surface area (Å²) in [6, 6.07) is 10.4. The third-order valence-corrected chi connectivity index (χ3v) is 6.93. The van der Waals surface area contributed by atoms with Crippen molar-refractivity contribution < 1.29 is 13.2 Å². The van der Waals surface area contributed by atoms with E-state index >= 15 is 0 Å². The van der Waals surface area contributed by atoms with Crippen LogP contribution < -0.4 is 5.32 Å². The zero-order chi connectivity index (χ0) is 17.9. The molecule has 0 saturated carbocycles. The summed E-state index contributed by atoms with van der Waals surface area (Å²) in [7, 11) is -3.00. The smallest absolute Gasteiger partial charge is 0.234 e. The van der Waals surface area contributed by atoms with E-state index in [9.17, 15) is 13.2 Å². The van der Waals surface area contributed by atoms with Crippen LogP contribution in [-0.4, -0.2) is 73.9 Å². The summed E-state index contributed by atoms with van der Waals surface area (Å²) in [5, 5.41) is 2.94. The quantitative estimate of drug-likeness (QED) is 0.823. The molecule has 0 aliphatic carbocycles. The highest BCUT2D eigenvalue weighted by Crippen LogP contribution is 2.22. The first-order valence-electron chi connectivity index (χ1n) is 8.84. The van der Waals surface area contributed by atoms with Gasteiger partial charge in [-0.2, -0.15) is 0 Å². The molecule has 138 valence electrons. The second kappa shape index (κ2) is 7.43. The standard InChI is InChI=1S/C18H27N3O3S/c1-18(7-12-25(23,24)15-18)19-17(22)14-21-10-8-20(9-11-21)13-16-5-3-2-4-6-16/h2-6H,7-15H2,1H3,(H,19,22). The molecule has 2 aliphatic rings. The summed E-state index contributed by atoms with van der Waals surface area (Å²) in [4.78, 5) is 16.8. The molecule has 2 fully saturated rings. The van der Waals surface area contributed by atoms with Crippen LogP contribution in [0.25, 0.3) is 0 Å². The first-order chi connectivity index (χ1) is 11.8. The van der Waals surface area contributed by atoms with Gasteiger partial charge in [-0.25, -0.2) is 8.42 Å². The number of piperazine rings is 1. The summed E-state index contributed by atoms with van der Waals surface area (Å²) in [6.07, 6.45) is 0.506. The lowest BCUT2D eigenvalue weighted by molar-refractivity contribution is -0.124. The number of rotatable bonds is 5. The molecule has 2 heterocycles. The summed E-state index contributed by atoms with van der Waals surface area (Å²) < 4.78 is 23.3. The lowest BCUT2D eigenvalue weighted by atomic mass is 10.0. The van der Waals surface area contributed by atoms with Gasteiger partial charge >= 0.3 is 0 Å². The Morgan fingerprint density at radius 1 is 1.12 bits per heavy atom. The van der Waals surface area contributed by atoms with Crippen LogP contribution in [0.5, 0.6) is 0 Å². The van der Waals surface area contributed by atoms with Gasteiger partial charge in [-0.05, 0) is 18.9 Å². The normalized spacial score (nSPS) is 27.2. The highest BCUT2D eigenvalue weighted by atomic mass is 32.2. The predicted octanol–water partition coefficient (Wildman–Crippen LogP) is 0.498. The molecule has 1 amide bonds. The van der Waals surface area contributed by atoms with Crippen LogP contribution in [0.3, 0.4) is 0 Å². The monoisotopic (exact) mass is 365 g/mol. The topological polar surface area (TPSA) is 69.7 Å². The van der Waals surface area contributed by atoms with Crippen molar-refractivity contribution >= 4 is 15.7 Å². The van der Waals surface area contributed by atoms with Crippen LogP contribution in [0.1, 0.15) is 18.9 Å².